The fourth-order valence-electron chi connectivity index (χ4n) is 4.21. The van der Waals surface area contributed by atoms with Gasteiger partial charge in [0.25, 0.3) is 0 Å². The summed E-state index contributed by atoms with van der Waals surface area (Å²) >= 11 is 12.1. The Morgan fingerprint density at radius 1 is 1.13 bits per heavy atom. The highest BCUT2D eigenvalue weighted by Crippen LogP contribution is 2.28. The van der Waals surface area contributed by atoms with Crippen LogP contribution < -0.4 is 10.2 Å². The molecule has 1 aliphatic heterocycles. The number of hydrogen-bond donors (Lipinski definition) is 1. The van der Waals surface area contributed by atoms with Crippen LogP contribution in [0.1, 0.15) is 52.9 Å². The van der Waals surface area contributed by atoms with E-state index in [2.05, 4.69) is 20.1 Å². The first kappa shape index (κ1) is 23.4. The van der Waals surface area contributed by atoms with Gasteiger partial charge in [-0.3, -0.25) is 4.90 Å². The number of pyridine rings is 1. The Labute approximate surface area is 190 Å². The largest absolute Gasteiger partial charge is 0.444 e. The van der Waals surface area contributed by atoms with Gasteiger partial charge in [-0.05, 0) is 65.3 Å². The average molecular weight is 457 g/mol. The second-order valence-electron chi connectivity index (χ2n) is 9.44. The normalized spacial score (nSPS) is 23.3. The Balaban J connectivity index is 1.33. The molecule has 6 nitrogen and oxygen atoms in total. The van der Waals surface area contributed by atoms with Gasteiger partial charge in [0.2, 0.25) is 0 Å². The highest BCUT2D eigenvalue weighted by Gasteiger charge is 2.26. The lowest BCUT2D eigenvalue weighted by Crippen LogP contribution is -2.47. The van der Waals surface area contributed by atoms with Gasteiger partial charge in [-0.2, -0.15) is 0 Å². The highest BCUT2D eigenvalue weighted by molar-refractivity contribution is 6.42. The molecular formula is C22H34Cl2N4O2. The Morgan fingerprint density at radius 3 is 2.40 bits per heavy atom. The quantitative estimate of drug-likeness (QED) is 0.676. The molecule has 30 heavy (non-hydrogen) atoms. The fourth-order valence-corrected chi connectivity index (χ4v) is 4.46. The van der Waals surface area contributed by atoms with Gasteiger partial charge in [0.05, 0.1) is 10.0 Å². The van der Waals surface area contributed by atoms with Crippen LogP contribution in [0.15, 0.2) is 12.3 Å². The number of amides is 1. The summed E-state index contributed by atoms with van der Waals surface area (Å²) in [4.78, 5) is 21.2. The minimum atomic E-state index is -0.443. The summed E-state index contributed by atoms with van der Waals surface area (Å²) in [7, 11) is 0. The molecule has 0 spiro atoms. The molecule has 1 aromatic heterocycles. The highest BCUT2D eigenvalue weighted by atomic mass is 35.5. The molecule has 1 aromatic rings. The van der Waals surface area contributed by atoms with Gasteiger partial charge in [0.1, 0.15) is 11.4 Å². The van der Waals surface area contributed by atoms with E-state index < -0.39 is 5.60 Å². The van der Waals surface area contributed by atoms with Gasteiger partial charge in [-0.25, -0.2) is 9.78 Å². The number of piperazine rings is 1. The number of alkyl carbamates (subject to hydrolysis) is 1. The third-order valence-corrected chi connectivity index (χ3v) is 6.62. The van der Waals surface area contributed by atoms with Crippen LogP contribution in [-0.4, -0.2) is 60.3 Å². The zero-order valence-electron chi connectivity index (χ0n) is 18.3. The van der Waals surface area contributed by atoms with Crippen molar-refractivity contribution in [3.8, 4) is 0 Å². The van der Waals surface area contributed by atoms with E-state index in [1.807, 2.05) is 26.8 Å². The molecule has 3 rings (SSSR count). The molecule has 0 bridgehead atoms. The third kappa shape index (κ3) is 7.17. The number of carbonyl (C=O) groups excluding carboxylic acids is 1. The third-order valence-electron chi connectivity index (χ3n) is 5.91. The van der Waals surface area contributed by atoms with E-state index in [1.165, 1.54) is 19.3 Å². The number of nitrogens with zero attached hydrogens (tertiary/aromatic N) is 3. The van der Waals surface area contributed by atoms with Crippen molar-refractivity contribution in [1.82, 2.24) is 15.2 Å². The Kier molecular flexibility index (Phi) is 8.11. The van der Waals surface area contributed by atoms with E-state index in [-0.39, 0.29) is 12.1 Å². The molecule has 1 saturated carbocycles. The van der Waals surface area contributed by atoms with Gasteiger partial charge < -0.3 is 15.0 Å². The molecule has 1 N–H and O–H groups in total. The number of halogens is 2. The summed E-state index contributed by atoms with van der Waals surface area (Å²) in [6.07, 6.45) is 6.99. The smallest absolute Gasteiger partial charge is 0.407 e. The van der Waals surface area contributed by atoms with Gasteiger partial charge in [-0.1, -0.05) is 23.2 Å². The minimum absolute atomic E-state index is 0.248. The average Bonchev–Trinajstić information content (AvgIpc) is 2.68. The second kappa shape index (κ2) is 10.4. The van der Waals surface area contributed by atoms with E-state index in [4.69, 9.17) is 27.9 Å². The monoisotopic (exact) mass is 456 g/mol. The zero-order valence-corrected chi connectivity index (χ0v) is 19.8. The molecule has 0 unspecified atom stereocenters. The summed E-state index contributed by atoms with van der Waals surface area (Å²) < 4.78 is 5.37. The first-order chi connectivity index (χ1) is 14.2. The lowest BCUT2D eigenvalue weighted by molar-refractivity contribution is 0.0486. The Morgan fingerprint density at radius 2 is 1.80 bits per heavy atom. The van der Waals surface area contributed by atoms with E-state index in [0.717, 1.165) is 57.3 Å². The number of rotatable bonds is 5. The van der Waals surface area contributed by atoms with Crippen molar-refractivity contribution in [2.45, 2.75) is 64.5 Å². The van der Waals surface area contributed by atoms with Crippen molar-refractivity contribution in [3.63, 3.8) is 0 Å². The fraction of sp³-hybridized carbons (Fsp3) is 0.727. The van der Waals surface area contributed by atoms with E-state index >= 15 is 0 Å². The summed E-state index contributed by atoms with van der Waals surface area (Å²) in [6, 6.07) is 2.10. The molecule has 8 heteroatoms. The summed E-state index contributed by atoms with van der Waals surface area (Å²) in [5.74, 6) is 1.65. The number of hydrogen-bond acceptors (Lipinski definition) is 5. The van der Waals surface area contributed by atoms with E-state index in [9.17, 15) is 4.79 Å². The molecule has 168 valence electrons. The number of nitrogens with one attached hydrogen (secondary N) is 1. The van der Waals surface area contributed by atoms with E-state index in [0.29, 0.717) is 10.0 Å². The molecule has 2 aliphatic rings. The van der Waals surface area contributed by atoms with Crippen LogP contribution in [0.3, 0.4) is 0 Å². The van der Waals surface area contributed by atoms with Crippen LogP contribution >= 0.6 is 23.2 Å². The van der Waals surface area contributed by atoms with Crippen molar-refractivity contribution >= 4 is 35.1 Å². The first-order valence-electron chi connectivity index (χ1n) is 11.0. The number of aromatic nitrogens is 1. The summed E-state index contributed by atoms with van der Waals surface area (Å²) in [5.41, 5.74) is -0.443. The predicted octanol–water partition coefficient (Wildman–Crippen LogP) is 4.98. The lowest BCUT2D eigenvalue weighted by atomic mass is 9.84. The molecule has 0 aromatic carbocycles. The zero-order chi connectivity index (χ0) is 21.7. The van der Waals surface area contributed by atoms with Crippen molar-refractivity contribution < 1.29 is 9.53 Å². The molecule has 2 fully saturated rings. The predicted molar refractivity (Wildman–Crippen MR) is 123 cm³/mol. The number of anilines is 1. The van der Waals surface area contributed by atoms with Crippen LogP contribution in [0, 0.1) is 5.92 Å². The molecule has 0 atom stereocenters. The van der Waals surface area contributed by atoms with Gasteiger partial charge in [0, 0.05) is 44.5 Å². The van der Waals surface area contributed by atoms with Crippen molar-refractivity contribution in [2.24, 2.45) is 5.92 Å². The summed E-state index contributed by atoms with van der Waals surface area (Å²) in [5, 5.41) is 4.08. The Bertz CT molecular complexity index is 710. The first-order valence-corrected chi connectivity index (χ1v) is 11.7. The van der Waals surface area contributed by atoms with Crippen LogP contribution in [-0.2, 0) is 4.74 Å². The van der Waals surface area contributed by atoms with E-state index in [1.54, 1.807) is 6.20 Å². The maximum absolute atomic E-state index is 11.9. The topological polar surface area (TPSA) is 57.7 Å². The van der Waals surface area contributed by atoms with Crippen LogP contribution in [0.4, 0.5) is 10.6 Å². The maximum Gasteiger partial charge on any atom is 0.407 e. The molecule has 1 aliphatic carbocycles. The standard InChI is InChI=1S/C22H34Cl2N4O2/c1-22(2,3)30-21(29)26-17-6-4-16(5-7-17)8-9-27-10-12-28(13-11-27)20-14-18(23)19(24)15-25-20/h14-17H,4-13H2,1-3H3,(H,26,29). The maximum atomic E-state index is 11.9. The van der Waals surface area contributed by atoms with Crippen molar-refractivity contribution in [2.75, 3.05) is 37.6 Å². The van der Waals surface area contributed by atoms with Crippen molar-refractivity contribution in [3.05, 3.63) is 22.3 Å². The SMILES string of the molecule is CC(C)(C)OC(=O)NC1CCC(CCN2CCN(c3cc(Cl)c(Cl)cn3)CC2)CC1. The van der Waals surface area contributed by atoms with Crippen molar-refractivity contribution in [1.29, 1.82) is 0 Å². The molecule has 2 heterocycles. The Hall–Kier alpha value is -1.24. The summed E-state index contributed by atoms with van der Waals surface area (Å²) in [6.45, 7) is 10.8. The number of ether oxygens (including phenoxy) is 1. The van der Waals surface area contributed by atoms with Crippen LogP contribution in [0.5, 0.6) is 0 Å². The van der Waals surface area contributed by atoms with Gasteiger partial charge in [0.15, 0.2) is 0 Å². The number of carbonyl (C=O) groups is 1. The van der Waals surface area contributed by atoms with Gasteiger partial charge >= 0.3 is 6.09 Å². The molecule has 0 radical (unpaired) electrons. The molecule has 1 amide bonds. The van der Waals surface area contributed by atoms with Crippen LogP contribution in [0.25, 0.3) is 0 Å². The van der Waals surface area contributed by atoms with Gasteiger partial charge in [-0.15, -0.1) is 0 Å². The molecular weight excluding hydrogens is 423 g/mol. The lowest BCUT2D eigenvalue weighted by Gasteiger charge is -2.36. The molecule has 1 saturated heterocycles. The van der Waals surface area contributed by atoms with Crippen LogP contribution in [0.2, 0.25) is 10.0 Å². The second-order valence-corrected chi connectivity index (χ2v) is 10.3. The minimum Gasteiger partial charge on any atom is -0.444 e.